The first-order chi connectivity index (χ1) is 18.9. The summed E-state index contributed by atoms with van der Waals surface area (Å²) in [6.45, 7) is 6.29. The van der Waals surface area contributed by atoms with Gasteiger partial charge in [0.05, 0.1) is 6.04 Å². The second kappa shape index (κ2) is 7.24. The van der Waals surface area contributed by atoms with E-state index < -0.39 is 5.60 Å². The maximum Gasteiger partial charge on any atom is 0.237 e. The molecule has 7 fully saturated rings. The zero-order chi connectivity index (χ0) is 26.4. The molecule has 1 aromatic rings. The van der Waals surface area contributed by atoms with Crippen LogP contribution in [0.4, 0.5) is 5.69 Å². The normalized spacial score (nSPS) is 47.8. The number of nitrogens with zero attached hydrogens (tertiary/aromatic N) is 2. The molecular formula is C31H40N4O4. The van der Waals surface area contributed by atoms with Gasteiger partial charge in [-0.2, -0.15) is 0 Å². The number of carbonyl (C=O) groups is 1. The molecule has 3 heterocycles. The number of hydrogen-bond donors (Lipinski definition) is 2. The minimum Gasteiger partial charge on any atom is -0.484 e. The van der Waals surface area contributed by atoms with Crippen LogP contribution in [0.1, 0.15) is 69.4 Å². The van der Waals surface area contributed by atoms with Gasteiger partial charge in [-0.25, -0.2) is 0 Å². The second-order valence-corrected chi connectivity index (χ2v) is 14.5. The Hall–Kier alpha value is -2.03. The number of amides is 1. The molecule has 2 saturated heterocycles. The highest BCUT2D eigenvalue weighted by Crippen LogP contribution is 2.95. The van der Waals surface area contributed by atoms with Gasteiger partial charge in [0, 0.05) is 53.5 Å². The van der Waals surface area contributed by atoms with Crippen molar-refractivity contribution in [3.63, 3.8) is 0 Å². The molecule has 10 rings (SSSR count). The summed E-state index contributed by atoms with van der Waals surface area (Å²) in [7, 11) is 1.86. The number of methoxy groups -OCH3 is 1. The van der Waals surface area contributed by atoms with Crippen LogP contribution in [0.5, 0.6) is 5.75 Å². The van der Waals surface area contributed by atoms with Crippen LogP contribution in [0.15, 0.2) is 17.3 Å². The van der Waals surface area contributed by atoms with Crippen LogP contribution in [0, 0.1) is 27.1 Å². The van der Waals surface area contributed by atoms with Gasteiger partial charge in [-0.3, -0.25) is 9.69 Å². The number of nitroso groups, excluding NO2 is 1. The Morgan fingerprint density at radius 3 is 2.87 bits per heavy atom. The molecular weight excluding hydrogens is 492 g/mol. The van der Waals surface area contributed by atoms with Crippen molar-refractivity contribution >= 4 is 11.6 Å². The maximum absolute atomic E-state index is 13.2. The largest absolute Gasteiger partial charge is 0.484 e. The molecule has 8 atom stereocenters. The molecule has 208 valence electrons. The summed E-state index contributed by atoms with van der Waals surface area (Å²) in [5, 5.41) is 10.2. The molecule has 0 radical (unpaired) electrons. The van der Waals surface area contributed by atoms with E-state index in [2.05, 4.69) is 33.7 Å². The van der Waals surface area contributed by atoms with E-state index in [1.807, 2.05) is 13.2 Å². The second-order valence-electron chi connectivity index (χ2n) is 14.5. The first-order valence-corrected chi connectivity index (χ1v) is 15.4. The molecule has 6 aliphatic carbocycles. The van der Waals surface area contributed by atoms with Crippen LogP contribution in [0.3, 0.4) is 0 Å². The van der Waals surface area contributed by atoms with Crippen molar-refractivity contribution in [3.05, 3.63) is 28.2 Å². The summed E-state index contributed by atoms with van der Waals surface area (Å²) in [4.78, 5) is 28.1. The molecule has 2 N–H and O–H groups in total. The zero-order valence-electron chi connectivity index (χ0n) is 23.2. The number of carbonyl (C=O) groups excluding carboxylic acids is 1. The minimum absolute atomic E-state index is 0.0359. The van der Waals surface area contributed by atoms with Gasteiger partial charge >= 0.3 is 0 Å². The average Bonchev–Trinajstić information content (AvgIpc) is 3.55. The fourth-order valence-electron chi connectivity index (χ4n) is 12.1. The Bertz CT molecular complexity index is 1310. The molecule has 5 saturated carbocycles. The lowest BCUT2D eigenvalue weighted by Gasteiger charge is -2.64. The first kappa shape index (κ1) is 23.7. The monoisotopic (exact) mass is 532 g/mol. The highest BCUT2D eigenvalue weighted by Gasteiger charge is 3.01. The quantitative estimate of drug-likeness (QED) is 0.522. The van der Waals surface area contributed by atoms with Crippen molar-refractivity contribution in [3.8, 4) is 5.75 Å². The van der Waals surface area contributed by atoms with Crippen molar-refractivity contribution in [2.75, 3.05) is 33.3 Å². The number of hydrogen-bond acceptors (Lipinski definition) is 7. The number of likely N-dealkylation sites (tertiary alicyclic amines) is 1. The summed E-state index contributed by atoms with van der Waals surface area (Å²) >= 11 is 0. The minimum atomic E-state index is -0.498. The van der Waals surface area contributed by atoms with Gasteiger partial charge in [0.25, 0.3) is 0 Å². The van der Waals surface area contributed by atoms with Crippen LogP contribution in [-0.2, 0) is 21.4 Å². The van der Waals surface area contributed by atoms with Gasteiger partial charge in [-0.1, -0.05) is 13.0 Å². The highest BCUT2D eigenvalue weighted by atomic mass is 16.6. The van der Waals surface area contributed by atoms with Gasteiger partial charge in [-0.15, -0.1) is 4.91 Å². The Kier molecular flexibility index (Phi) is 4.39. The lowest BCUT2D eigenvalue weighted by molar-refractivity contribution is -0.190. The van der Waals surface area contributed by atoms with Crippen LogP contribution in [0.2, 0.25) is 0 Å². The summed E-state index contributed by atoms with van der Waals surface area (Å²) in [6, 6.07) is 4.41. The van der Waals surface area contributed by atoms with Crippen LogP contribution in [-0.4, -0.2) is 67.9 Å². The third-order valence-corrected chi connectivity index (χ3v) is 13.5. The first-order valence-electron chi connectivity index (χ1n) is 15.4. The van der Waals surface area contributed by atoms with E-state index in [0.717, 1.165) is 69.7 Å². The molecule has 1 amide bonds. The Labute approximate surface area is 229 Å². The molecule has 8 nitrogen and oxygen atoms in total. The summed E-state index contributed by atoms with van der Waals surface area (Å²) in [5.41, 5.74) is 2.16. The average molecular weight is 533 g/mol. The molecule has 8 unspecified atom stereocenters. The molecule has 8 heteroatoms. The number of nitrogens with one attached hydrogen (secondary N) is 2. The van der Waals surface area contributed by atoms with Gasteiger partial charge in [-0.05, 0) is 93.6 Å². The van der Waals surface area contributed by atoms with E-state index in [4.69, 9.17) is 9.47 Å². The topological polar surface area (TPSA) is 92.3 Å². The summed E-state index contributed by atoms with van der Waals surface area (Å²) in [5.74, 6) is 1.69. The van der Waals surface area contributed by atoms with Gasteiger partial charge < -0.3 is 20.1 Å². The van der Waals surface area contributed by atoms with Gasteiger partial charge in [0.15, 0.2) is 5.75 Å². The van der Waals surface area contributed by atoms with E-state index in [0.29, 0.717) is 18.3 Å². The molecule has 9 aliphatic rings. The summed E-state index contributed by atoms with van der Waals surface area (Å²) in [6.07, 6.45) is 9.86. The molecule has 6 bridgehead atoms. The third-order valence-electron chi connectivity index (χ3n) is 13.5. The lowest BCUT2D eigenvalue weighted by atomic mass is 9.41. The van der Waals surface area contributed by atoms with Gasteiger partial charge in [0.1, 0.15) is 17.4 Å². The number of ether oxygens (including phenoxy) is 2. The molecule has 1 aromatic carbocycles. The Balaban J connectivity index is 1.21. The fraction of sp³-hybridized carbons (Fsp3) is 0.774. The zero-order valence-corrected chi connectivity index (χ0v) is 23.2. The standard InChI is InChI=1S/C31H40N4O4/c1-27-15-28-16-29(27,17-33-25(36)21-5-3-11-32-21)31(27,38-2)26-30(28)10-4-12-35(14-18-6-7-18)22(28)13-19-8-9-20(34-37)24(39-26)23(19)30/h8-9,18,21-22,26,32H,3-7,10-17H2,1-2H3,(H,33,36). The van der Waals surface area contributed by atoms with E-state index in [9.17, 15) is 9.70 Å². The molecule has 2 spiro atoms. The van der Waals surface area contributed by atoms with Crippen molar-refractivity contribution in [1.82, 2.24) is 15.5 Å². The number of rotatable bonds is 7. The van der Waals surface area contributed by atoms with E-state index >= 15 is 0 Å². The van der Waals surface area contributed by atoms with E-state index in [1.54, 1.807) is 0 Å². The smallest absolute Gasteiger partial charge is 0.237 e. The third kappa shape index (κ3) is 2.35. The van der Waals surface area contributed by atoms with Crippen LogP contribution < -0.4 is 15.4 Å². The van der Waals surface area contributed by atoms with Crippen LogP contribution >= 0.6 is 0 Å². The lowest BCUT2D eigenvalue weighted by Crippen LogP contribution is -2.72. The Morgan fingerprint density at radius 2 is 2.13 bits per heavy atom. The SMILES string of the molecule is COC12C3Oc4c(N=O)ccc5c4C34CCCN(CC3CC3)C(C5)C43CC1(C)C2(CNC(=O)C1CCCN1)C3. The Morgan fingerprint density at radius 1 is 1.26 bits per heavy atom. The predicted octanol–water partition coefficient (Wildman–Crippen LogP) is 3.57. The van der Waals surface area contributed by atoms with Crippen molar-refractivity contribution in [1.29, 1.82) is 0 Å². The van der Waals surface area contributed by atoms with E-state index in [-0.39, 0.29) is 39.7 Å². The predicted molar refractivity (Wildman–Crippen MR) is 145 cm³/mol. The van der Waals surface area contributed by atoms with Crippen LogP contribution in [0.25, 0.3) is 0 Å². The number of benzene rings is 1. The molecule has 0 aromatic heterocycles. The molecule has 3 aliphatic heterocycles. The highest BCUT2D eigenvalue weighted by molar-refractivity contribution is 5.82. The van der Waals surface area contributed by atoms with Crippen molar-refractivity contribution in [2.45, 2.75) is 93.9 Å². The molecule has 39 heavy (non-hydrogen) atoms. The van der Waals surface area contributed by atoms with E-state index in [1.165, 1.54) is 30.5 Å². The fourth-order valence-corrected chi connectivity index (χ4v) is 12.1. The van der Waals surface area contributed by atoms with Crippen molar-refractivity contribution < 1.29 is 14.3 Å². The van der Waals surface area contributed by atoms with Gasteiger partial charge in [0.2, 0.25) is 5.91 Å². The summed E-state index contributed by atoms with van der Waals surface area (Å²) < 4.78 is 13.8. The van der Waals surface area contributed by atoms with Crippen molar-refractivity contribution in [2.24, 2.45) is 27.3 Å². The maximum atomic E-state index is 13.2.